The largest absolute Gasteiger partial charge is 0.342 e. The molecule has 5 nitrogen and oxygen atoms in total. The van der Waals surface area contributed by atoms with Crippen molar-refractivity contribution in [1.29, 1.82) is 0 Å². The summed E-state index contributed by atoms with van der Waals surface area (Å²) in [6, 6.07) is 13.9. The molecule has 0 radical (unpaired) electrons. The van der Waals surface area contributed by atoms with E-state index < -0.39 is 10.0 Å². The molecule has 0 bridgehead atoms. The third-order valence-electron chi connectivity index (χ3n) is 4.91. The first kappa shape index (κ1) is 19.4. The highest BCUT2D eigenvalue weighted by Crippen LogP contribution is 2.18. The molecule has 1 heterocycles. The summed E-state index contributed by atoms with van der Waals surface area (Å²) >= 11 is 0. The van der Waals surface area contributed by atoms with Gasteiger partial charge in [-0.05, 0) is 61.1 Å². The van der Waals surface area contributed by atoms with Crippen molar-refractivity contribution < 1.29 is 13.2 Å². The lowest BCUT2D eigenvalue weighted by atomic mass is 10.1. The van der Waals surface area contributed by atoms with Crippen molar-refractivity contribution in [3.05, 3.63) is 59.7 Å². The zero-order chi connectivity index (χ0) is 19.3. The van der Waals surface area contributed by atoms with Crippen LogP contribution in [0.5, 0.6) is 0 Å². The van der Waals surface area contributed by atoms with Crippen molar-refractivity contribution in [2.24, 2.45) is 0 Å². The molecule has 1 aliphatic rings. The van der Waals surface area contributed by atoms with Gasteiger partial charge in [0, 0.05) is 18.8 Å². The first-order valence-corrected chi connectivity index (χ1v) is 10.9. The van der Waals surface area contributed by atoms with Crippen molar-refractivity contribution >= 4 is 21.6 Å². The van der Waals surface area contributed by atoms with E-state index in [2.05, 4.69) is 4.72 Å². The smallest absolute Gasteiger partial charge is 0.261 e. The quantitative estimate of drug-likeness (QED) is 0.825. The van der Waals surface area contributed by atoms with Crippen LogP contribution in [0.4, 0.5) is 5.69 Å². The van der Waals surface area contributed by atoms with Gasteiger partial charge in [0.25, 0.3) is 10.0 Å². The summed E-state index contributed by atoms with van der Waals surface area (Å²) in [6.45, 7) is 3.71. The lowest BCUT2D eigenvalue weighted by Crippen LogP contribution is -2.36. The molecular weight excluding hydrogens is 360 g/mol. The minimum atomic E-state index is -3.62. The van der Waals surface area contributed by atoms with Crippen molar-refractivity contribution in [1.82, 2.24) is 4.90 Å². The molecule has 1 fully saturated rings. The molecule has 1 aliphatic heterocycles. The molecule has 6 heteroatoms. The number of likely N-dealkylation sites (tertiary alicyclic amines) is 1. The topological polar surface area (TPSA) is 66.5 Å². The van der Waals surface area contributed by atoms with Crippen LogP contribution in [-0.4, -0.2) is 32.3 Å². The molecule has 1 N–H and O–H groups in total. The van der Waals surface area contributed by atoms with E-state index in [1.807, 2.05) is 24.0 Å². The van der Waals surface area contributed by atoms with E-state index in [0.29, 0.717) is 12.1 Å². The van der Waals surface area contributed by atoms with Crippen LogP contribution in [0.15, 0.2) is 53.4 Å². The van der Waals surface area contributed by atoms with E-state index in [1.54, 1.807) is 36.4 Å². The zero-order valence-corrected chi connectivity index (χ0v) is 16.5. The molecule has 0 saturated carbocycles. The Morgan fingerprint density at radius 1 is 0.926 bits per heavy atom. The number of amides is 1. The Kier molecular flexibility index (Phi) is 6.16. The van der Waals surface area contributed by atoms with Crippen LogP contribution in [0.3, 0.4) is 0 Å². The van der Waals surface area contributed by atoms with Crippen molar-refractivity contribution in [2.45, 2.75) is 43.9 Å². The molecule has 144 valence electrons. The molecule has 0 atom stereocenters. The summed E-state index contributed by atoms with van der Waals surface area (Å²) in [6.07, 6.45) is 4.56. The number of sulfonamides is 1. The lowest BCUT2D eigenvalue weighted by Gasteiger charge is -2.26. The van der Waals surface area contributed by atoms with Gasteiger partial charge in [-0.1, -0.05) is 31.2 Å². The van der Waals surface area contributed by atoms with Crippen LogP contribution in [-0.2, 0) is 27.7 Å². The molecular formula is C21H26N2O3S. The fourth-order valence-electron chi connectivity index (χ4n) is 3.24. The monoisotopic (exact) mass is 386 g/mol. The minimum Gasteiger partial charge on any atom is -0.342 e. The molecule has 1 amide bonds. The predicted octanol–water partition coefficient (Wildman–Crippen LogP) is 3.60. The van der Waals surface area contributed by atoms with Gasteiger partial charge in [-0.2, -0.15) is 0 Å². The summed E-state index contributed by atoms with van der Waals surface area (Å²) in [4.78, 5) is 14.5. The average molecular weight is 387 g/mol. The number of hydrogen-bond donors (Lipinski definition) is 1. The van der Waals surface area contributed by atoms with Crippen molar-refractivity contribution in [2.75, 3.05) is 17.8 Å². The zero-order valence-electron chi connectivity index (χ0n) is 15.6. The number of anilines is 1. The summed E-state index contributed by atoms with van der Waals surface area (Å²) in [5.74, 6) is 0.138. The SMILES string of the molecule is CCc1ccc(S(=O)(=O)Nc2ccc(CC(=O)N3CCCCC3)cc2)cc1. The van der Waals surface area contributed by atoms with Gasteiger partial charge < -0.3 is 4.90 Å². The number of aryl methyl sites for hydroxylation is 1. The fraction of sp³-hybridized carbons (Fsp3) is 0.381. The Balaban J connectivity index is 1.63. The van der Waals surface area contributed by atoms with Gasteiger partial charge in [-0.25, -0.2) is 8.42 Å². The Morgan fingerprint density at radius 2 is 1.52 bits per heavy atom. The van der Waals surface area contributed by atoms with Gasteiger partial charge in [0.1, 0.15) is 0 Å². The maximum Gasteiger partial charge on any atom is 0.261 e. The lowest BCUT2D eigenvalue weighted by molar-refractivity contribution is -0.131. The van der Waals surface area contributed by atoms with E-state index in [0.717, 1.165) is 43.5 Å². The van der Waals surface area contributed by atoms with Crippen molar-refractivity contribution in [3.63, 3.8) is 0 Å². The summed E-state index contributed by atoms with van der Waals surface area (Å²) in [5.41, 5.74) is 2.47. The second-order valence-electron chi connectivity index (χ2n) is 6.92. The van der Waals surface area contributed by atoms with Gasteiger partial charge in [-0.15, -0.1) is 0 Å². The van der Waals surface area contributed by atoms with Gasteiger partial charge in [0.2, 0.25) is 5.91 Å². The first-order chi connectivity index (χ1) is 13.0. The minimum absolute atomic E-state index is 0.138. The normalized spacial score (nSPS) is 14.8. The number of piperidine rings is 1. The van der Waals surface area contributed by atoms with Crippen molar-refractivity contribution in [3.8, 4) is 0 Å². The summed E-state index contributed by atoms with van der Waals surface area (Å²) in [7, 11) is -3.62. The van der Waals surface area contributed by atoms with Gasteiger partial charge in [-0.3, -0.25) is 9.52 Å². The highest BCUT2D eigenvalue weighted by atomic mass is 32.2. The van der Waals surface area contributed by atoms with Crippen LogP contribution in [0, 0.1) is 0 Å². The van der Waals surface area contributed by atoms with Crippen LogP contribution < -0.4 is 4.72 Å². The van der Waals surface area contributed by atoms with Crippen LogP contribution >= 0.6 is 0 Å². The van der Waals surface area contributed by atoms with Crippen LogP contribution in [0.25, 0.3) is 0 Å². The first-order valence-electron chi connectivity index (χ1n) is 9.46. The van der Waals surface area contributed by atoms with Gasteiger partial charge >= 0.3 is 0 Å². The number of hydrogen-bond acceptors (Lipinski definition) is 3. The maximum atomic E-state index is 12.5. The number of carbonyl (C=O) groups is 1. The van der Waals surface area contributed by atoms with Crippen LogP contribution in [0.1, 0.15) is 37.3 Å². The molecule has 2 aromatic carbocycles. The molecule has 2 aromatic rings. The number of nitrogens with one attached hydrogen (secondary N) is 1. The predicted molar refractivity (Wildman–Crippen MR) is 107 cm³/mol. The Morgan fingerprint density at radius 3 is 2.11 bits per heavy atom. The highest BCUT2D eigenvalue weighted by Gasteiger charge is 2.17. The molecule has 0 spiro atoms. The van der Waals surface area contributed by atoms with Gasteiger partial charge in [0.05, 0.1) is 11.3 Å². The van der Waals surface area contributed by atoms with E-state index in [4.69, 9.17) is 0 Å². The van der Waals surface area contributed by atoms with E-state index in [1.165, 1.54) is 6.42 Å². The van der Waals surface area contributed by atoms with Crippen LogP contribution in [0.2, 0.25) is 0 Å². The number of carbonyl (C=O) groups excluding carboxylic acids is 1. The summed E-state index contributed by atoms with van der Waals surface area (Å²) in [5, 5.41) is 0. The van der Waals surface area contributed by atoms with E-state index in [-0.39, 0.29) is 10.8 Å². The third kappa shape index (κ3) is 5.10. The van der Waals surface area contributed by atoms with E-state index >= 15 is 0 Å². The molecule has 27 heavy (non-hydrogen) atoms. The number of benzene rings is 2. The molecule has 1 saturated heterocycles. The molecule has 0 aliphatic carbocycles. The number of rotatable bonds is 6. The molecule has 0 aromatic heterocycles. The Labute approximate surface area is 161 Å². The Hall–Kier alpha value is -2.34. The fourth-order valence-corrected chi connectivity index (χ4v) is 4.30. The highest BCUT2D eigenvalue weighted by molar-refractivity contribution is 7.92. The molecule has 3 rings (SSSR count). The average Bonchev–Trinajstić information content (AvgIpc) is 2.70. The summed E-state index contributed by atoms with van der Waals surface area (Å²) < 4.78 is 27.6. The number of nitrogens with zero attached hydrogens (tertiary/aromatic N) is 1. The standard InChI is InChI=1S/C21H26N2O3S/c1-2-17-8-12-20(13-9-17)27(25,26)22-19-10-6-18(7-11-19)16-21(24)23-14-4-3-5-15-23/h6-13,22H,2-5,14-16H2,1H3. The second kappa shape index (κ2) is 8.57. The second-order valence-corrected chi connectivity index (χ2v) is 8.60. The maximum absolute atomic E-state index is 12.5. The van der Waals surface area contributed by atoms with E-state index in [9.17, 15) is 13.2 Å². The molecule has 0 unspecified atom stereocenters. The Bertz CT molecular complexity index is 869. The third-order valence-corrected chi connectivity index (χ3v) is 6.31. The van der Waals surface area contributed by atoms with Gasteiger partial charge in [0.15, 0.2) is 0 Å².